The van der Waals surface area contributed by atoms with Gasteiger partial charge < -0.3 is 5.32 Å². The lowest BCUT2D eigenvalue weighted by Crippen LogP contribution is -2.13. The van der Waals surface area contributed by atoms with E-state index in [1.807, 2.05) is 0 Å². The Balaban J connectivity index is 1.57. The molecule has 0 aliphatic heterocycles. The fraction of sp³-hybridized carbons (Fsp3) is 0.125. The number of hydrogen-bond acceptors (Lipinski definition) is 6. The van der Waals surface area contributed by atoms with E-state index in [-0.39, 0.29) is 11.7 Å². The Morgan fingerprint density at radius 1 is 1.12 bits per heavy atom. The zero-order valence-corrected chi connectivity index (χ0v) is 15.9. The number of amides is 1. The van der Waals surface area contributed by atoms with Crippen molar-refractivity contribution in [2.45, 2.75) is 11.6 Å². The van der Waals surface area contributed by atoms with E-state index in [0.29, 0.717) is 26.8 Å². The largest absolute Gasteiger partial charge is 0.301 e. The molecule has 0 unspecified atom stereocenters. The summed E-state index contributed by atoms with van der Waals surface area (Å²) in [7, 11) is 0. The maximum Gasteiger partial charge on any atom is 0.236 e. The van der Waals surface area contributed by atoms with Crippen molar-refractivity contribution in [3.63, 3.8) is 0 Å². The third-order valence-electron chi connectivity index (χ3n) is 3.09. The fourth-order valence-electron chi connectivity index (χ4n) is 1.97. The molecule has 2 aromatic heterocycles. The van der Waals surface area contributed by atoms with Crippen LogP contribution in [0.4, 0.5) is 5.13 Å². The van der Waals surface area contributed by atoms with E-state index in [0.717, 1.165) is 10.4 Å². The van der Waals surface area contributed by atoms with Crippen molar-refractivity contribution in [1.82, 2.24) is 15.0 Å². The van der Waals surface area contributed by atoms with Crippen LogP contribution in [0.1, 0.15) is 10.4 Å². The number of rotatable bonds is 6. The highest BCUT2D eigenvalue weighted by Crippen LogP contribution is 2.29. The normalized spacial score (nSPS) is 10.6. The van der Waals surface area contributed by atoms with E-state index < -0.39 is 0 Å². The first kappa shape index (κ1) is 18.1. The van der Waals surface area contributed by atoms with E-state index in [1.165, 1.54) is 23.1 Å². The number of aromatic nitrogens is 3. The van der Waals surface area contributed by atoms with Crippen molar-refractivity contribution in [1.29, 1.82) is 0 Å². The zero-order chi connectivity index (χ0) is 17.6. The quantitative estimate of drug-likeness (QED) is 0.476. The summed E-state index contributed by atoms with van der Waals surface area (Å²) in [5.74, 6) is 0.0593. The van der Waals surface area contributed by atoms with Crippen LogP contribution in [-0.2, 0) is 11.2 Å². The number of halogens is 2. The molecule has 3 aromatic rings. The molecule has 0 aliphatic rings. The second-order valence-corrected chi connectivity index (χ2v) is 7.75. The highest BCUT2D eigenvalue weighted by molar-refractivity contribution is 7.99. The lowest BCUT2D eigenvalue weighted by atomic mass is 10.1. The standard InChI is InChI=1S/C16H12Cl2N4OS2/c17-12-3-1-4-13(18)11(12)7-10-8-21-16(25-10)22-14(23)9-24-15-19-5-2-6-20-15/h1-6,8H,7,9H2,(H,21,22,23). The topological polar surface area (TPSA) is 67.8 Å². The molecule has 2 heterocycles. The average Bonchev–Trinajstić information content (AvgIpc) is 3.04. The maximum atomic E-state index is 12.0. The van der Waals surface area contributed by atoms with Crippen LogP contribution in [0.5, 0.6) is 0 Å². The number of thioether (sulfide) groups is 1. The SMILES string of the molecule is O=C(CSc1ncccn1)Nc1ncc(Cc2c(Cl)cccc2Cl)s1. The van der Waals surface area contributed by atoms with E-state index in [4.69, 9.17) is 23.2 Å². The van der Waals surface area contributed by atoms with Crippen LogP contribution in [0.2, 0.25) is 10.0 Å². The summed E-state index contributed by atoms with van der Waals surface area (Å²) >= 11 is 15.0. The van der Waals surface area contributed by atoms with Crippen molar-refractivity contribution in [2.75, 3.05) is 11.1 Å². The Morgan fingerprint density at radius 2 is 1.84 bits per heavy atom. The molecule has 0 saturated heterocycles. The Bertz CT molecular complexity index is 853. The molecule has 0 aliphatic carbocycles. The molecule has 9 heteroatoms. The lowest BCUT2D eigenvalue weighted by molar-refractivity contribution is -0.113. The van der Waals surface area contributed by atoms with Gasteiger partial charge in [-0.3, -0.25) is 4.79 Å². The van der Waals surface area contributed by atoms with Gasteiger partial charge in [0.05, 0.1) is 5.75 Å². The summed E-state index contributed by atoms with van der Waals surface area (Å²) in [5, 5.41) is 5.11. The minimum absolute atomic E-state index is 0.158. The van der Waals surface area contributed by atoms with E-state index in [1.54, 1.807) is 42.9 Å². The van der Waals surface area contributed by atoms with Crippen LogP contribution >= 0.6 is 46.3 Å². The molecule has 1 aromatic carbocycles. The van der Waals surface area contributed by atoms with Crippen LogP contribution in [0, 0.1) is 0 Å². The molecular formula is C16H12Cl2N4OS2. The molecule has 0 radical (unpaired) electrons. The summed E-state index contributed by atoms with van der Waals surface area (Å²) in [6.45, 7) is 0. The highest BCUT2D eigenvalue weighted by Gasteiger charge is 2.11. The van der Waals surface area contributed by atoms with Gasteiger partial charge in [0.15, 0.2) is 10.3 Å². The lowest BCUT2D eigenvalue weighted by Gasteiger charge is -2.04. The van der Waals surface area contributed by atoms with Gasteiger partial charge >= 0.3 is 0 Å². The second kappa shape index (κ2) is 8.62. The van der Waals surface area contributed by atoms with Crippen molar-refractivity contribution in [3.8, 4) is 0 Å². The molecule has 0 bridgehead atoms. The Labute approximate surface area is 162 Å². The third kappa shape index (κ3) is 5.15. The van der Waals surface area contributed by atoms with Gasteiger partial charge in [0.1, 0.15) is 0 Å². The van der Waals surface area contributed by atoms with Crippen molar-refractivity contribution in [2.24, 2.45) is 0 Å². The number of carbonyl (C=O) groups excluding carboxylic acids is 1. The molecule has 0 saturated carbocycles. The maximum absolute atomic E-state index is 12.0. The van der Waals surface area contributed by atoms with Gasteiger partial charge in [0.25, 0.3) is 0 Å². The minimum atomic E-state index is -0.158. The Hall–Kier alpha value is -1.67. The van der Waals surface area contributed by atoms with Gasteiger partial charge in [-0.1, -0.05) is 41.0 Å². The highest BCUT2D eigenvalue weighted by atomic mass is 35.5. The van der Waals surface area contributed by atoms with Crippen LogP contribution in [0.25, 0.3) is 0 Å². The van der Waals surface area contributed by atoms with Gasteiger partial charge in [-0.15, -0.1) is 11.3 Å². The number of thiazole rings is 1. The summed E-state index contributed by atoms with van der Waals surface area (Å²) in [6.07, 6.45) is 5.56. The monoisotopic (exact) mass is 410 g/mol. The minimum Gasteiger partial charge on any atom is -0.301 e. The van der Waals surface area contributed by atoms with Gasteiger partial charge in [-0.25, -0.2) is 15.0 Å². The number of nitrogens with zero attached hydrogens (tertiary/aromatic N) is 3. The third-order valence-corrected chi connectivity index (χ3v) is 5.58. The number of nitrogens with one attached hydrogen (secondary N) is 1. The van der Waals surface area contributed by atoms with Gasteiger partial charge in [0, 0.05) is 39.9 Å². The second-order valence-electron chi connectivity index (χ2n) is 4.88. The van der Waals surface area contributed by atoms with Gasteiger partial charge in [-0.05, 0) is 23.8 Å². The molecule has 5 nitrogen and oxygen atoms in total. The smallest absolute Gasteiger partial charge is 0.236 e. The van der Waals surface area contributed by atoms with Gasteiger partial charge in [0.2, 0.25) is 5.91 Å². The predicted molar refractivity (Wildman–Crippen MR) is 103 cm³/mol. The summed E-state index contributed by atoms with van der Waals surface area (Å²) < 4.78 is 0. The van der Waals surface area contributed by atoms with Crippen LogP contribution in [0.3, 0.4) is 0 Å². The first-order valence-corrected chi connectivity index (χ1v) is 9.75. The predicted octanol–water partition coefficient (Wildman–Crippen LogP) is 4.56. The summed E-state index contributed by atoms with van der Waals surface area (Å²) in [4.78, 5) is 25.3. The number of benzene rings is 1. The molecule has 1 amide bonds. The van der Waals surface area contributed by atoms with Crippen molar-refractivity contribution in [3.05, 3.63) is 63.3 Å². The number of anilines is 1. The zero-order valence-electron chi connectivity index (χ0n) is 12.8. The Kier molecular flexibility index (Phi) is 6.25. The van der Waals surface area contributed by atoms with Crippen LogP contribution in [-0.4, -0.2) is 26.6 Å². The fourth-order valence-corrected chi connectivity index (χ4v) is 3.94. The average molecular weight is 411 g/mol. The summed E-state index contributed by atoms with van der Waals surface area (Å²) in [5.41, 5.74) is 0.851. The number of carbonyl (C=O) groups is 1. The molecule has 25 heavy (non-hydrogen) atoms. The summed E-state index contributed by atoms with van der Waals surface area (Å²) in [6, 6.07) is 7.14. The van der Waals surface area contributed by atoms with E-state index in [2.05, 4.69) is 20.3 Å². The van der Waals surface area contributed by atoms with E-state index in [9.17, 15) is 4.79 Å². The van der Waals surface area contributed by atoms with Crippen LogP contribution in [0.15, 0.2) is 48.0 Å². The van der Waals surface area contributed by atoms with Gasteiger partial charge in [-0.2, -0.15) is 0 Å². The van der Waals surface area contributed by atoms with E-state index >= 15 is 0 Å². The van der Waals surface area contributed by atoms with Crippen molar-refractivity contribution >= 4 is 57.3 Å². The first-order valence-electron chi connectivity index (χ1n) is 7.19. The molecular weight excluding hydrogens is 399 g/mol. The molecule has 0 spiro atoms. The number of hydrogen-bond donors (Lipinski definition) is 1. The molecule has 128 valence electrons. The van der Waals surface area contributed by atoms with Crippen LogP contribution < -0.4 is 5.32 Å². The molecule has 0 atom stereocenters. The molecule has 0 fully saturated rings. The first-order chi connectivity index (χ1) is 12.1. The van der Waals surface area contributed by atoms with Crippen molar-refractivity contribution < 1.29 is 4.79 Å². The molecule has 1 N–H and O–H groups in total. The molecule has 3 rings (SSSR count). The Morgan fingerprint density at radius 3 is 2.56 bits per heavy atom.